The molecule has 0 unspecified atom stereocenters. The summed E-state index contributed by atoms with van der Waals surface area (Å²) in [5.41, 5.74) is 0. The Hall–Kier alpha value is 0.0800. The fourth-order valence-electron chi connectivity index (χ4n) is 2.20. The lowest BCUT2D eigenvalue weighted by molar-refractivity contribution is 0.655. The third kappa shape index (κ3) is 2.60. The van der Waals surface area contributed by atoms with Gasteiger partial charge in [0, 0.05) is 13.1 Å². The van der Waals surface area contributed by atoms with Gasteiger partial charge in [-0.05, 0) is 76.6 Å². The van der Waals surface area contributed by atoms with E-state index in [1.165, 1.54) is 0 Å². The van der Waals surface area contributed by atoms with Crippen LogP contribution in [0.4, 0.5) is 0 Å². The van der Waals surface area contributed by atoms with Gasteiger partial charge in [-0.15, -0.1) is 0 Å². The van der Waals surface area contributed by atoms with E-state index in [2.05, 4.69) is 95.0 Å². The molecule has 2 aromatic heterocycles. The second kappa shape index (κ2) is 6.06. The highest BCUT2D eigenvalue weighted by molar-refractivity contribution is 9.13. The zero-order chi connectivity index (χ0) is 14.3. The van der Waals surface area contributed by atoms with Crippen LogP contribution in [0.3, 0.4) is 0 Å². The number of aromatic nitrogens is 4. The average molecular weight is 530 g/mol. The van der Waals surface area contributed by atoms with Gasteiger partial charge < -0.3 is 9.13 Å². The smallest absolute Gasteiger partial charge is 0.178 e. The van der Waals surface area contributed by atoms with E-state index in [1.54, 1.807) is 0 Å². The van der Waals surface area contributed by atoms with Gasteiger partial charge in [0.05, 0.1) is 0 Å². The van der Waals surface area contributed by atoms with Crippen LogP contribution in [0.1, 0.15) is 12.8 Å². The van der Waals surface area contributed by atoms with Crippen LogP contribution in [0.5, 0.6) is 0 Å². The lowest BCUT2D eigenvalue weighted by atomic mass is 10.3. The number of imidazole rings is 2. The van der Waals surface area contributed by atoms with Crippen molar-refractivity contribution in [2.45, 2.75) is 25.9 Å². The quantitative estimate of drug-likeness (QED) is 0.443. The summed E-state index contributed by atoms with van der Waals surface area (Å²) >= 11 is 14.1. The zero-order valence-corrected chi connectivity index (χ0v) is 16.6. The van der Waals surface area contributed by atoms with Crippen molar-refractivity contribution in [3.05, 3.63) is 30.6 Å². The van der Waals surface area contributed by atoms with Crippen molar-refractivity contribution in [3.63, 3.8) is 0 Å². The van der Waals surface area contributed by atoms with Gasteiger partial charge >= 0.3 is 0 Å². The Morgan fingerprint density at radius 2 is 1.15 bits per heavy atom. The van der Waals surface area contributed by atoms with Gasteiger partial charge in [0.25, 0.3) is 0 Å². The molecular formula is C12H10Br4N4. The molecule has 0 aliphatic carbocycles. The van der Waals surface area contributed by atoms with Gasteiger partial charge in [-0.25, -0.2) is 9.97 Å². The molecule has 0 aromatic carbocycles. The molecule has 8 heteroatoms. The van der Waals surface area contributed by atoms with E-state index in [9.17, 15) is 0 Å². The Morgan fingerprint density at radius 3 is 1.55 bits per heavy atom. The molecule has 20 heavy (non-hydrogen) atoms. The van der Waals surface area contributed by atoms with Crippen molar-refractivity contribution >= 4 is 63.7 Å². The maximum atomic E-state index is 4.60. The molecule has 4 nitrogen and oxygen atoms in total. The van der Waals surface area contributed by atoms with E-state index < -0.39 is 0 Å². The summed E-state index contributed by atoms with van der Waals surface area (Å²) in [6.07, 6.45) is 6.40. The van der Waals surface area contributed by atoms with Crippen molar-refractivity contribution in [3.8, 4) is 11.6 Å². The highest BCUT2D eigenvalue weighted by Gasteiger charge is 2.22. The van der Waals surface area contributed by atoms with E-state index in [4.69, 9.17) is 0 Å². The summed E-state index contributed by atoms with van der Waals surface area (Å²) in [4.78, 5) is 9.21. The Labute approximate surface area is 150 Å². The van der Waals surface area contributed by atoms with Crippen LogP contribution < -0.4 is 0 Å². The molecule has 1 aliphatic heterocycles. The summed E-state index contributed by atoms with van der Waals surface area (Å²) in [6.45, 7) is 1.74. The lowest BCUT2D eigenvalue weighted by Crippen LogP contribution is -2.08. The van der Waals surface area contributed by atoms with Crippen LogP contribution in [0.15, 0.2) is 30.6 Å². The molecule has 0 amide bonds. The van der Waals surface area contributed by atoms with Crippen LogP contribution in [0, 0.1) is 0 Å². The van der Waals surface area contributed by atoms with E-state index in [1.807, 2.05) is 0 Å². The third-order valence-electron chi connectivity index (χ3n) is 3.14. The standard InChI is InChI=1S/C12H10Br4N4/c13-7-9(15)19-5-3-1-2-4-6-20-10(16)8(14)18-12(20)11(19)17-7/h1-2H,3-6H2/b2-1-. The number of rotatable bonds is 0. The molecule has 106 valence electrons. The fraction of sp³-hybridized carbons (Fsp3) is 0.333. The van der Waals surface area contributed by atoms with Crippen LogP contribution in [0.2, 0.25) is 0 Å². The number of hydrogen-bond acceptors (Lipinski definition) is 2. The molecule has 0 saturated heterocycles. The van der Waals surface area contributed by atoms with Gasteiger partial charge in [-0.3, -0.25) is 0 Å². The minimum atomic E-state index is 0.803. The summed E-state index contributed by atoms with van der Waals surface area (Å²) in [5, 5.41) is 0. The summed E-state index contributed by atoms with van der Waals surface area (Å²) in [7, 11) is 0. The Balaban J connectivity index is 2.24. The van der Waals surface area contributed by atoms with Gasteiger partial charge in [0.2, 0.25) is 0 Å². The van der Waals surface area contributed by atoms with E-state index in [0.717, 1.165) is 56.0 Å². The molecule has 3 heterocycles. The predicted octanol–water partition coefficient (Wildman–Crippen LogP) is 5.15. The predicted molar refractivity (Wildman–Crippen MR) is 92.6 cm³/mol. The van der Waals surface area contributed by atoms with Gasteiger partial charge in [0.1, 0.15) is 18.4 Å². The van der Waals surface area contributed by atoms with Gasteiger partial charge in [0.15, 0.2) is 11.6 Å². The molecule has 0 saturated carbocycles. The average Bonchev–Trinajstić information content (AvgIpc) is 2.86. The second-order valence-electron chi connectivity index (χ2n) is 4.39. The molecule has 3 rings (SSSR count). The molecule has 0 radical (unpaired) electrons. The van der Waals surface area contributed by atoms with Crippen molar-refractivity contribution < 1.29 is 0 Å². The van der Waals surface area contributed by atoms with E-state index in [0.29, 0.717) is 0 Å². The molecule has 0 fully saturated rings. The maximum absolute atomic E-state index is 4.60. The van der Waals surface area contributed by atoms with E-state index in [-0.39, 0.29) is 0 Å². The number of halogens is 4. The SMILES string of the molecule is Brc1nc2n(c1Br)CC/C=C\CCn1c-2nc(Br)c1Br. The van der Waals surface area contributed by atoms with Crippen molar-refractivity contribution in [2.24, 2.45) is 0 Å². The summed E-state index contributed by atoms with van der Waals surface area (Å²) in [6, 6.07) is 0. The summed E-state index contributed by atoms with van der Waals surface area (Å²) in [5.74, 6) is 1.73. The molecule has 2 aromatic rings. The number of hydrogen-bond donors (Lipinski definition) is 0. The molecule has 1 aliphatic rings. The van der Waals surface area contributed by atoms with Crippen LogP contribution in [-0.2, 0) is 13.1 Å². The maximum Gasteiger partial charge on any atom is 0.178 e. The lowest BCUT2D eigenvalue weighted by Gasteiger charge is -2.12. The first kappa shape index (κ1) is 15.0. The van der Waals surface area contributed by atoms with Crippen molar-refractivity contribution in [1.29, 1.82) is 0 Å². The largest absolute Gasteiger partial charge is 0.315 e. The Morgan fingerprint density at radius 1 is 0.750 bits per heavy atom. The zero-order valence-electron chi connectivity index (χ0n) is 10.3. The molecule has 0 N–H and O–H groups in total. The highest BCUT2D eigenvalue weighted by atomic mass is 79.9. The number of allylic oxidation sites excluding steroid dienone is 2. The fourth-order valence-corrected chi connectivity index (χ4v) is 3.83. The first-order valence-electron chi connectivity index (χ1n) is 6.08. The topological polar surface area (TPSA) is 35.6 Å². The second-order valence-corrected chi connectivity index (χ2v) is 7.39. The van der Waals surface area contributed by atoms with Crippen molar-refractivity contribution in [1.82, 2.24) is 19.1 Å². The van der Waals surface area contributed by atoms with Crippen LogP contribution >= 0.6 is 63.7 Å². The number of fused-ring (bicyclic) bond motifs is 3. The van der Waals surface area contributed by atoms with Gasteiger partial charge in [-0.1, -0.05) is 12.2 Å². The normalized spacial score (nSPS) is 16.6. The minimum absolute atomic E-state index is 0.803. The minimum Gasteiger partial charge on any atom is -0.315 e. The molecule has 0 bridgehead atoms. The summed E-state index contributed by atoms with van der Waals surface area (Å²) < 4.78 is 7.77. The monoisotopic (exact) mass is 526 g/mol. The molecule has 0 spiro atoms. The van der Waals surface area contributed by atoms with Crippen LogP contribution in [0.25, 0.3) is 11.6 Å². The Kier molecular flexibility index (Phi) is 4.54. The molecular weight excluding hydrogens is 520 g/mol. The van der Waals surface area contributed by atoms with E-state index >= 15 is 0 Å². The number of nitrogens with zero attached hydrogens (tertiary/aromatic N) is 4. The van der Waals surface area contributed by atoms with Crippen molar-refractivity contribution in [2.75, 3.05) is 0 Å². The van der Waals surface area contributed by atoms with Gasteiger partial charge in [-0.2, -0.15) is 0 Å². The third-order valence-corrected chi connectivity index (χ3v) is 6.92. The molecule has 0 atom stereocenters. The first-order valence-corrected chi connectivity index (χ1v) is 9.25. The highest BCUT2D eigenvalue weighted by Crippen LogP contribution is 2.34. The first-order chi connectivity index (χ1) is 9.59. The Bertz CT molecular complexity index is 628. The van der Waals surface area contributed by atoms with Crippen LogP contribution in [-0.4, -0.2) is 19.1 Å².